The monoisotopic (exact) mass is 377 g/mol. The van der Waals surface area contributed by atoms with Crippen LogP contribution in [-0.2, 0) is 16.0 Å². The van der Waals surface area contributed by atoms with Gasteiger partial charge in [-0.05, 0) is 50.5 Å². The summed E-state index contributed by atoms with van der Waals surface area (Å²) in [5.74, 6) is -1.71. The summed E-state index contributed by atoms with van der Waals surface area (Å²) in [5.41, 5.74) is 1.21. The van der Waals surface area contributed by atoms with Gasteiger partial charge in [0.2, 0.25) is 0 Å². The third kappa shape index (κ3) is 5.85. The lowest BCUT2D eigenvalue weighted by atomic mass is 10.1. The van der Waals surface area contributed by atoms with Crippen LogP contribution in [0.1, 0.15) is 36.2 Å². The van der Waals surface area contributed by atoms with Crippen LogP contribution in [0.5, 0.6) is 0 Å². The van der Waals surface area contributed by atoms with E-state index in [2.05, 4.69) is 5.32 Å². The molecule has 0 spiro atoms. The van der Waals surface area contributed by atoms with Gasteiger partial charge in [-0.25, -0.2) is 9.18 Å². The van der Waals surface area contributed by atoms with Crippen molar-refractivity contribution in [2.75, 3.05) is 0 Å². The Morgan fingerprint density at radius 3 is 2.50 bits per heavy atom. The van der Waals surface area contributed by atoms with Crippen LogP contribution in [0, 0.1) is 5.82 Å². The van der Waals surface area contributed by atoms with E-state index in [1.807, 2.05) is 37.3 Å². The van der Waals surface area contributed by atoms with Crippen molar-refractivity contribution in [1.82, 2.24) is 5.32 Å². The first-order chi connectivity index (χ1) is 12.4. The van der Waals surface area contributed by atoms with Gasteiger partial charge in [0.15, 0.2) is 6.10 Å². The van der Waals surface area contributed by atoms with Gasteiger partial charge < -0.3 is 10.1 Å². The molecule has 0 heterocycles. The lowest BCUT2D eigenvalue weighted by Crippen LogP contribution is -2.41. The molecular weight excluding hydrogens is 357 g/mol. The van der Waals surface area contributed by atoms with Gasteiger partial charge in [-0.15, -0.1) is 0 Å². The smallest absolute Gasteiger partial charge is 0.340 e. The molecule has 0 saturated heterocycles. The summed E-state index contributed by atoms with van der Waals surface area (Å²) in [6.45, 7) is 3.38. The summed E-state index contributed by atoms with van der Waals surface area (Å²) >= 11 is 5.83. The van der Waals surface area contributed by atoms with Crippen molar-refractivity contribution in [3.63, 3.8) is 0 Å². The second kappa shape index (κ2) is 9.34. The highest BCUT2D eigenvalue weighted by Crippen LogP contribution is 2.18. The van der Waals surface area contributed by atoms with E-state index in [0.29, 0.717) is 0 Å². The Balaban J connectivity index is 1.83. The van der Waals surface area contributed by atoms with Gasteiger partial charge in [-0.1, -0.05) is 41.9 Å². The summed E-state index contributed by atoms with van der Waals surface area (Å²) < 4.78 is 18.2. The van der Waals surface area contributed by atoms with E-state index in [4.69, 9.17) is 16.3 Å². The lowest BCUT2D eigenvalue weighted by molar-refractivity contribution is -0.129. The van der Waals surface area contributed by atoms with Crippen molar-refractivity contribution >= 4 is 23.5 Å². The van der Waals surface area contributed by atoms with Crippen LogP contribution in [0.25, 0.3) is 0 Å². The average molecular weight is 378 g/mol. The topological polar surface area (TPSA) is 55.4 Å². The van der Waals surface area contributed by atoms with Gasteiger partial charge in [-0.2, -0.15) is 0 Å². The molecule has 0 bridgehead atoms. The molecule has 0 saturated carbocycles. The fourth-order valence-electron chi connectivity index (χ4n) is 2.39. The standard InChI is InChI=1S/C20H21ClFNO3/c1-13(8-9-15-6-4-3-5-7-15)23-19(24)14(2)26-20(25)17-11-10-16(22)12-18(17)21/h3-7,10-14H,8-9H2,1-2H3,(H,23,24)/t13-,14+/m0/s1. The van der Waals surface area contributed by atoms with Crippen LogP contribution < -0.4 is 5.32 Å². The number of carbonyl (C=O) groups excluding carboxylic acids is 2. The second-order valence-corrected chi connectivity index (χ2v) is 6.51. The minimum atomic E-state index is -0.984. The highest BCUT2D eigenvalue weighted by atomic mass is 35.5. The minimum absolute atomic E-state index is 0.0184. The van der Waals surface area contributed by atoms with E-state index in [9.17, 15) is 14.0 Å². The number of rotatable bonds is 7. The molecule has 0 aliphatic heterocycles. The van der Waals surface area contributed by atoms with Crippen molar-refractivity contribution < 1.29 is 18.7 Å². The summed E-state index contributed by atoms with van der Waals surface area (Å²) in [5, 5.41) is 2.76. The molecule has 4 nitrogen and oxygen atoms in total. The summed E-state index contributed by atoms with van der Waals surface area (Å²) in [6, 6.07) is 13.3. The number of hydrogen-bond donors (Lipinski definition) is 1. The van der Waals surface area contributed by atoms with Crippen molar-refractivity contribution in [3.8, 4) is 0 Å². The zero-order valence-electron chi connectivity index (χ0n) is 14.7. The molecule has 138 valence electrons. The molecule has 0 aliphatic rings. The number of carbonyl (C=O) groups is 2. The van der Waals surface area contributed by atoms with Crippen LogP contribution in [0.4, 0.5) is 4.39 Å². The first kappa shape index (κ1) is 19.9. The third-order valence-corrected chi connectivity index (χ3v) is 4.21. The normalized spacial score (nSPS) is 12.9. The Morgan fingerprint density at radius 1 is 1.15 bits per heavy atom. The molecule has 0 fully saturated rings. The molecule has 2 rings (SSSR count). The Morgan fingerprint density at radius 2 is 1.85 bits per heavy atom. The molecule has 2 aromatic carbocycles. The SMILES string of the molecule is C[C@@H](CCc1ccccc1)NC(=O)[C@@H](C)OC(=O)c1ccc(F)cc1Cl. The quantitative estimate of drug-likeness (QED) is 0.737. The summed E-state index contributed by atoms with van der Waals surface area (Å²) in [6.07, 6.45) is 0.616. The molecule has 2 aromatic rings. The number of aryl methyl sites for hydroxylation is 1. The minimum Gasteiger partial charge on any atom is -0.449 e. The zero-order valence-corrected chi connectivity index (χ0v) is 15.4. The van der Waals surface area contributed by atoms with E-state index in [1.165, 1.54) is 18.6 Å². The number of amides is 1. The van der Waals surface area contributed by atoms with E-state index < -0.39 is 23.8 Å². The van der Waals surface area contributed by atoms with E-state index >= 15 is 0 Å². The molecule has 6 heteroatoms. The van der Waals surface area contributed by atoms with E-state index in [-0.39, 0.29) is 16.6 Å². The number of halogens is 2. The number of hydrogen-bond acceptors (Lipinski definition) is 3. The van der Waals surface area contributed by atoms with Crippen molar-refractivity contribution in [1.29, 1.82) is 0 Å². The van der Waals surface area contributed by atoms with Gasteiger partial charge in [0.25, 0.3) is 5.91 Å². The van der Waals surface area contributed by atoms with Crippen molar-refractivity contribution in [2.24, 2.45) is 0 Å². The Kier molecular flexibility index (Phi) is 7.16. The Bertz CT molecular complexity index is 767. The molecule has 2 atom stereocenters. The number of nitrogens with one attached hydrogen (secondary N) is 1. The first-order valence-electron chi connectivity index (χ1n) is 8.37. The van der Waals surface area contributed by atoms with Crippen LogP contribution in [0.15, 0.2) is 48.5 Å². The van der Waals surface area contributed by atoms with Gasteiger partial charge in [0.1, 0.15) is 5.82 Å². The number of esters is 1. The molecule has 1 amide bonds. The largest absolute Gasteiger partial charge is 0.449 e. The Labute approximate surface area is 157 Å². The molecule has 0 unspecified atom stereocenters. The highest BCUT2D eigenvalue weighted by Gasteiger charge is 2.21. The maximum absolute atomic E-state index is 13.0. The van der Waals surface area contributed by atoms with Crippen LogP contribution >= 0.6 is 11.6 Å². The van der Waals surface area contributed by atoms with Gasteiger partial charge in [0, 0.05) is 6.04 Å². The van der Waals surface area contributed by atoms with Crippen molar-refractivity contribution in [3.05, 3.63) is 70.5 Å². The fraction of sp³-hybridized carbons (Fsp3) is 0.300. The van der Waals surface area contributed by atoms with E-state index in [0.717, 1.165) is 25.0 Å². The average Bonchev–Trinajstić information content (AvgIpc) is 2.60. The maximum atomic E-state index is 13.0. The summed E-state index contributed by atoms with van der Waals surface area (Å²) in [7, 11) is 0. The van der Waals surface area contributed by atoms with Gasteiger partial charge in [-0.3, -0.25) is 4.79 Å². The number of benzene rings is 2. The van der Waals surface area contributed by atoms with E-state index in [1.54, 1.807) is 0 Å². The van der Waals surface area contributed by atoms with Crippen LogP contribution in [0.3, 0.4) is 0 Å². The van der Waals surface area contributed by atoms with Crippen molar-refractivity contribution in [2.45, 2.75) is 38.8 Å². The molecule has 0 radical (unpaired) electrons. The maximum Gasteiger partial charge on any atom is 0.340 e. The second-order valence-electron chi connectivity index (χ2n) is 6.11. The lowest BCUT2D eigenvalue weighted by Gasteiger charge is -2.18. The number of ether oxygens (including phenoxy) is 1. The highest BCUT2D eigenvalue weighted by molar-refractivity contribution is 6.33. The predicted molar refractivity (Wildman–Crippen MR) is 98.7 cm³/mol. The molecule has 0 aliphatic carbocycles. The van der Waals surface area contributed by atoms with Crippen LogP contribution in [0.2, 0.25) is 5.02 Å². The molecule has 26 heavy (non-hydrogen) atoms. The van der Waals surface area contributed by atoms with Gasteiger partial charge >= 0.3 is 5.97 Å². The fourth-order valence-corrected chi connectivity index (χ4v) is 2.64. The molecule has 0 aromatic heterocycles. The predicted octanol–water partition coefficient (Wildman–Crippen LogP) is 4.16. The Hall–Kier alpha value is -2.40. The summed E-state index contributed by atoms with van der Waals surface area (Å²) in [4.78, 5) is 24.3. The molecular formula is C20H21ClFNO3. The zero-order chi connectivity index (χ0) is 19.1. The first-order valence-corrected chi connectivity index (χ1v) is 8.75. The molecule has 1 N–H and O–H groups in total. The van der Waals surface area contributed by atoms with Crippen LogP contribution in [-0.4, -0.2) is 24.0 Å². The van der Waals surface area contributed by atoms with Gasteiger partial charge in [0.05, 0.1) is 10.6 Å². The third-order valence-electron chi connectivity index (χ3n) is 3.90.